The summed E-state index contributed by atoms with van der Waals surface area (Å²) in [6.07, 6.45) is 3.41. The van der Waals surface area contributed by atoms with Gasteiger partial charge in [-0.1, -0.05) is 17.7 Å². The van der Waals surface area contributed by atoms with Crippen molar-refractivity contribution in [2.45, 2.75) is 27.1 Å². The first-order chi connectivity index (χ1) is 16.5. The number of methoxy groups -OCH3 is 1. The van der Waals surface area contributed by atoms with Crippen molar-refractivity contribution >= 4 is 11.6 Å². The molecule has 1 N–H and O–H groups in total. The van der Waals surface area contributed by atoms with Crippen LogP contribution < -0.4 is 19.5 Å². The Labute approximate surface area is 198 Å². The van der Waals surface area contributed by atoms with Gasteiger partial charge in [0.15, 0.2) is 17.3 Å². The number of furan rings is 1. The molecule has 2 aromatic carbocycles. The van der Waals surface area contributed by atoms with Gasteiger partial charge in [-0.25, -0.2) is 0 Å². The topological polar surface area (TPSA) is 82.8 Å². The van der Waals surface area contributed by atoms with E-state index in [0.717, 1.165) is 16.9 Å². The highest BCUT2D eigenvalue weighted by molar-refractivity contribution is 6.02. The number of rotatable bonds is 9. The van der Waals surface area contributed by atoms with Crippen molar-refractivity contribution in [2.75, 3.05) is 12.4 Å². The van der Waals surface area contributed by atoms with E-state index in [1.807, 2.05) is 38.1 Å². The van der Waals surface area contributed by atoms with E-state index in [1.54, 1.807) is 49.8 Å². The molecule has 0 saturated carbocycles. The van der Waals surface area contributed by atoms with Crippen LogP contribution in [0.2, 0.25) is 0 Å². The first-order valence-corrected chi connectivity index (χ1v) is 10.8. The molecule has 4 aromatic rings. The molecule has 34 heavy (non-hydrogen) atoms. The molecule has 2 heterocycles. The maximum Gasteiger partial charge on any atom is 0.291 e. The minimum Gasteiger partial charge on any atom is -0.493 e. The molecule has 0 unspecified atom stereocenters. The zero-order valence-corrected chi connectivity index (χ0v) is 19.3. The fourth-order valence-corrected chi connectivity index (χ4v) is 3.39. The third kappa shape index (κ3) is 5.75. The van der Waals surface area contributed by atoms with E-state index in [9.17, 15) is 4.79 Å². The lowest BCUT2D eigenvalue weighted by atomic mass is 10.1. The van der Waals surface area contributed by atoms with Crippen LogP contribution in [0.5, 0.6) is 17.2 Å². The highest BCUT2D eigenvalue weighted by Crippen LogP contribution is 2.31. The second-order valence-electron chi connectivity index (χ2n) is 7.79. The SMILES string of the molecule is COc1ccc(NC(=O)c2ccc(COc3ccc(C)cc3C)o2)cc1OCc1ccncc1. The van der Waals surface area contributed by atoms with E-state index in [0.29, 0.717) is 29.6 Å². The summed E-state index contributed by atoms with van der Waals surface area (Å²) in [4.78, 5) is 16.7. The van der Waals surface area contributed by atoms with Crippen LogP contribution in [0.1, 0.15) is 33.0 Å². The molecule has 0 spiro atoms. The summed E-state index contributed by atoms with van der Waals surface area (Å²) >= 11 is 0. The summed E-state index contributed by atoms with van der Waals surface area (Å²) in [6.45, 7) is 4.60. The van der Waals surface area contributed by atoms with Crippen LogP contribution in [-0.2, 0) is 13.2 Å². The molecule has 7 nitrogen and oxygen atoms in total. The van der Waals surface area contributed by atoms with Crippen LogP contribution in [0.25, 0.3) is 0 Å². The van der Waals surface area contributed by atoms with Crippen molar-refractivity contribution in [3.63, 3.8) is 0 Å². The molecule has 7 heteroatoms. The summed E-state index contributed by atoms with van der Waals surface area (Å²) in [6, 6.07) is 18.3. The second kappa shape index (κ2) is 10.6. The van der Waals surface area contributed by atoms with Crippen LogP contribution in [0.3, 0.4) is 0 Å². The highest BCUT2D eigenvalue weighted by atomic mass is 16.5. The third-order valence-corrected chi connectivity index (χ3v) is 5.15. The van der Waals surface area contributed by atoms with E-state index >= 15 is 0 Å². The molecule has 2 aromatic heterocycles. The lowest BCUT2D eigenvalue weighted by Crippen LogP contribution is -2.11. The molecule has 0 bridgehead atoms. The molecule has 0 fully saturated rings. The molecule has 1 amide bonds. The van der Waals surface area contributed by atoms with Gasteiger partial charge in [-0.05, 0) is 67.4 Å². The Bertz CT molecular complexity index is 1270. The molecule has 0 saturated heterocycles. The molecular weight excluding hydrogens is 432 g/mol. The van der Waals surface area contributed by atoms with Gasteiger partial charge in [-0.15, -0.1) is 0 Å². The summed E-state index contributed by atoms with van der Waals surface area (Å²) < 4.78 is 22.8. The number of hydrogen-bond donors (Lipinski definition) is 1. The predicted octanol–water partition coefficient (Wildman–Crippen LogP) is 5.71. The van der Waals surface area contributed by atoms with E-state index in [-0.39, 0.29) is 18.3 Å². The molecule has 0 radical (unpaired) electrons. The van der Waals surface area contributed by atoms with Gasteiger partial charge in [-0.3, -0.25) is 9.78 Å². The Morgan fingerprint density at radius 1 is 0.882 bits per heavy atom. The number of nitrogens with zero attached hydrogens (tertiary/aromatic N) is 1. The van der Waals surface area contributed by atoms with Gasteiger partial charge in [-0.2, -0.15) is 0 Å². The average Bonchev–Trinajstić information content (AvgIpc) is 3.32. The number of anilines is 1. The number of aromatic nitrogens is 1. The zero-order chi connectivity index (χ0) is 23.9. The molecule has 4 rings (SSSR count). The zero-order valence-electron chi connectivity index (χ0n) is 19.3. The minimum atomic E-state index is -0.372. The number of carbonyl (C=O) groups excluding carboxylic acids is 1. The lowest BCUT2D eigenvalue weighted by molar-refractivity contribution is 0.0992. The van der Waals surface area contributed by atoms with Gasteiger partial charge in [0.25, 0.3) is 5.91 Å². The van der Waals surface area contributed by atoms with Crippen molar-refractivity contribution in [2.24, 2.45) is 0 Å². The number of amides is 1. The molecule has 0 aliphatic heterocycles. The Morgan fingerprint density at radius 3 is 2.41 bits per heavy atom. The van der Waals surface area contributed by atoms with E-state index in [2.05, 4.69) is 16.4 Å². The summed E-state index contributed by atoms with van der Waals surface area (Å²) in [7, 11) is 1.57. The number of benzene rings is 2. The smallest absolute Gasteiger partial charge is 0.291 e. The Balaban J connectivity index is 1.39. The first-order valence-electron chi connectivity index (χ1n) is 10.8. The fraction of sp³-hybridized carbons (Fsp3) is 0.185. The Kier molecular flexibility index (Phi) is 7.13. The number of ether oxygens (including phenoxy) is 3. The molecule has 0 atom stereocenters. The standard InChI is InChI=1S/C27H26N2O5/c1-18-4-7-23(19(2)14-18)33-17-22-6-9-25(34-22)27(30)29-21-5-8-24(31-3)26(15-21)32-16-20-10-12-28-13-11-20/h4-15H,16-17H2,1-3H3,(H,29,30). The lowest BCUT2D eigenvalue weighted by Gasteiger charge is -2.13. The quantitative estimate of drug-likeness (QED) is 0.346. The average molecular weight is 459 g/mol. The number of hydrogen-bond acceptors (Lipinski definition) is 6. The summed E-state index contributed by atoms with van der Waals surface area (Å²) in [5.74, 6) is 2.24. The predicted molar refractivity (Wildman–Crippen MR) is 128 cm³/mol. The van der Waals surface area contributed by atoms with Crippen LogP contribution in [0.15, 0.2) is 77.5 Å². The van der Waals surface area contributed by atoms with Crippen LogP contribution >= 0.6 is 0 Å². The van der Waals surface area contributed by atoms with Gasteiger partial charge < -0.3 is 23.9 Å². The van der Waals surface area contributed by atoms with Gasteiger partial charge >= 0.3 is 0 Å². The van der Waals surface area contributed by atoms with Gasteiger partial charge in [0, 0.05) is 24.1 Å². The van der Waals surface area contributed by atoms with Crippen molar-refractivity contribution in [1.82, 2.24) is 4.98 Å². The minimum absolute atomic E-state index is 0.189. The van der Waals surface area contributed by atoms with E-state index in [1.165, 1.54) is 5.56 Å². The first kappa shape index (κ1) is 22.9. The Morgan fingerprint density at radius 2 is 1.65 bits per heavy atom. The number of carbonyl (C=O) groups is 1. The highest BCUT2D eigenvalue weighted by Gasteiger charge is 2.14. The molecule has 174 valence electrons. The molecule has 0 aliphatic carbocycles. The Hall–Kier alpha value is -4.26. The van der Waals surface area contributed by atoms with Crippen molar-refractivity contribution in [1.29, 1.82) is 0 Å². The van der Waals surface area contributed by atoms with Crippen LogP contribution in [-0.4, -0.2) is 18.0 Å². The van der Waals surface area contributed by atoms with Gasteiger partial charge in [0.05, 0.1) is 7.11 Å². The van der Waals surface area contributed by atoms with E-state index in [4.69, 9.17) is 18.6 Å². The fourth-order valence-electron chi connectivity index (χ4n) is 3.39. The molecular formula is C27H26N2O5. The molecule has 0 aliphatic rings. The van der Waals surface area contributed by atoms with Crippen LogP contribution in [0.4, 0.5) is 5.69 Å². The van der Waals surface area contributed by atoms with Crippen molar-refractivity contribution in [3.8, 4) is 17.2 Å². The van der Waals surface area contributed by atoms with Gasteiger partial charge in [0.2, 0.25) is 0 Å². The van der Waals surface area contributed by atoms with Crippen molar-refractivity contribution in [3.05, 3.63) is 101 Å². The summed E-state index contributed by atoms with van der Waals surface area (Å²) in [5, 5.41) is 2.83. The van der Waals surface area contributed by atoms with E-state index < -0.39 is 0 Å². The largest absolute Gasteiger partial charge is 0.493 e. The maximum absolute atomic E-state index is 12.7. The second-order valence-corrected chi connectivity index (χ2v) is 7.79. The van der Waals surface area contributed by atoms with Crippen molar-refractivity contribution < 1.29 is 23.4 Å². The number of pyridine rings is 1. The number of aryl methyl sites for hydroxylation is 2. The van der Waals surface area contributed by atoms with Gasteiger partial charge in [0.1, 0.15) is 24.7 Å². The monoisotopic (exact) mass is 458 g/mol. The maximum atomic E-state index is 12.7. The third-order valence-electron chi connectivity index (χ3n) is 5.15. The van der Waals surface area contributed by atoms with Crippen LogP contribution in [0, 0.1) is 13.8 Å². The number of nitrogens with one attached hydrogen (secondary N) is 1. The normalized spacial score (nSPS) is 10.6. The summed E-state index contributed by atoms with van der Waals surface area (Å²) in [5.41, 5.74) is 3.75.